The first-order chi connectivity index (χ1) is 12.9. The lowest BCUT2D eigenvalue weighted by atomic mass is 10.0. The lowest BCUT2D eigenvalue weighted by Crippen LogP contribution is -2.45. The van der Waals surface area contributed by atoms with Gasteiger partial charge in [0.1, 0.15) is 0 Å². The van der Waals surface area contributed by atoms with Crippen molar-refractivity contribution in [3.8, 4) is 0 Å². The highest BCUT2D eigenvalue weighted by Crippen LogP contribution is 2.24. The molecule has 8 nitrogen and oxygen atoms in total. The minimum Gasteiger partial charge on any atom is -0.378 e. The Hall–Kier alpha value is -1.97. The molecule has 1 N–H and O–H groups in total. The molecule has 148 valence electrons. The third kappa shape index (κ3) is 4.66. The van der Waals surface area contributed by atoms with Gasteiger partial charge in [0.15, 0.2) is 0 Å². The van der Waals surface area contributed by atoms with Gasteiger partial charge in [0, 0.05) is 31.9 Å². The molecule has 3 rings (SSSR count). The molecule has 0 radical (unpaired) electrons. The second kappa shape index (κ2) is 8.37. The molecule has 2 aliphatic rings. The van der Waals surface area contributed by atoms with Crippen molar-refractivity contribution in [1.29, 1.82) is 0 Å². The highest BCUT2D eigenvalue weighted by molar-refractivity contribution is 7.89. The molecule has 2 heterocycles. The molecule has 2 amide bonds. The fraction of sp³-hybridized carbons (Fsp3) is 0.556. The van der Waals surface area contributed by atoms with Crippen molar-refractivity contribution >= 4 is 27.5 Å². The molecule has 2 aliphatic heterocycles. The monoisotopic (exact) mass is 395 g/mol. The molecule has 1 atom stereocenters. The summed E-state index contributed by atoms with van der Waals surface area (Å²) in [6, 6.07) is 5.93. The first kappa shape index (κ1) is 19.8. The van der Waals surface area contributed by atoms with Crippen LogP contribution in [-0.4, -0.2) is 68.8 Å². The molecule has 2 fully saturated rings. The van der Waals surface area contributed by atoms with Gasteiger partial charge < -0.3 is 15.0 Å². The molecule has 9 heteroatoms. The third-order valence-corrected chi connectivity index (χ3v) is 6.74. The number of piperidine rings is 1. The molecular formula is C18H25N3O5S. The van der Waals surface area contributed by atoms with Crippen molar-refractivity contribution in [2.75, 3.05) is 44.7 Å². The number of carbonyl (C=O) groups is 2. The maximum absolute atomic E-state index is 12.7. The highest BCUT2D eigenvalue weighted by atomic mass is 32.2. The van der Waals surface area contributed by atoms with Gasteiger partial charge in [-0.15, -0.1) is 0 Å². The Kier molecular flexibility index (Phi) is 6.13. The van der Waals surface area contributed by atoms with E-state index in [0.717, 1.165) is 12.8 Å². The van der Waals surface area contributed by atoms with Gasteiger partial charge in [-0.2, -0.15) is 4.31 Å². The second-order valence-corrected chi connectivity index (χ2v) is 8.93. The molecule has 1 aromatic carbocycles. The average Bonchev–Trinajstić information content (AvgIpc) is 2.68. The summed E-state index contributed by atoms with van der Waals surface area (Å²) in [5, 5.41) is 2.52. The summed E-state index contributed by atoms with van der Waals surface area (Å²) in [5.41, 5.74) is 0.382. The summed E-state index contributed by atoms with van der Waals surface area (Å²) in [6.07, 6.45) is 1.90. The average molecular weight is 395 g/mol. The van der Waals surface area contributed by atoms with Crippen LogP contribution in [0.15, 0.2) is 29.2 Å². The van der Waals surface area contributed by atoms with Gasteiger partial charge in [-0.3, -0.25) is 9.59 Å². The number of sulfonamides is 1. The lowest BCUT2D eigenvalue weighted by molar-refractivity contribution is -0.145. The summed E-state index contributed by atoms with van der Waals surface area (Å²) in [6.45, 7) is 4.71. The summed E-state index contributed by atoms with van der Waals surface area (Å²) in [7, 11) is -3.54. The number of carbonyl (C=O) groups excluding carboxylic acids is 2. The number of rotatable bonds is 3. The van der Waals surface area contributed by atoms with E-state index in [2.05, 4.69) is 5.32 Å². The zero-order valence-corrected chi connectivity index (χ0v) is 16.2. The number of ether oxygens (including phenoxy) is 1. The first-order valence-electron chi connectivity index (χ1n) is 9.16. The van der Waals surface area contributed by atoms with Gasteiger partial charge in [0.25, 0.3) is 0 Å². The number of amides is 2. The predicted octanol–water partition coefficient (Wildman–Crippen LogP) is 0.905. The van der Waals surface area contributed by atoms with Crippen molar-refractivity contribution in [3.05, 3.63) is 24.3 Å². The minimum atomic E-state index is -3.54. The number of hydrogen-bond acceptors (Lipinski definition) is 5. The third-order valence-electron chi connectivity index (χ3n) is 4.86. The Labute approximate surface area is 159 Å². The van der Waals surface area contributed by atoms with Crippen LogP contribution in [0, 0.1) is 5.92 Å². The van der Waals surface area contributed by atoms with Crippen LogP contribution in [0.1, 0.15) is 19.8 Å². The van der Waals surface area contributed by atoms with Gasteiger partial charge >= 0.3 is 11.8 Å². The standard InChI is InChI=1S/C18H25N3O5S/c1-14-3-2-8-21(13-14)27(24,25)16-6-4-15(5-7-16)19-17(22)18(23)20-9-11-26-12-10-20/h4-7,14H,2-3,8-13H2,1H3,(H,19,22)/t14-/m0/s1. The fourth-order valence-corrected chi connectivity index (χ4v) is 4.92. The summed E-state index contributed by atoms with van der Waals surface area (Å²) < 4.78 is 32.2. The van der Waals surface area contributed by atoms with Crippen LogP contribution < -0.4 is 5.32 Å². The van der Waals surface area contributed by atoms with Crippen LogP contribution in [0.25, 0.3) is 0 Å². The maximum Gasteiger partial charge on any atom is 0.313 e. The van der Waals surface area contributed by atoms with Crippen LogP contribution >= 0.6 is 0 Å². The van der Waals surface area contributed by atoms with Crippen LogP contribution in [0.5, 0.6) is 0 Å². The van der Waals surface area contributed by atoms with Crippen LogP contribution in [-0.2, 0) is 24.3 Å². The Morgan fingerprint density at radius 1 is 1.11 bits per heavy atom. The van der Waals surface area contributed by atoms with E-state index in [9.17, 15) is 18.0 Å². The van der Waals surface area contributed by atoms with Crippen LogP contribution in [0.4, 0.5) is 5.69 Å². The van der Waals surface area contributed by atoms with Crippen molar-refractivity contribution in [3.63, 3.8) is 0 Å². The van der Waals surface area contributed by atoms with Gasteiger partial charge in [-0.25, -0.2) is 8.42 Å². The zero-order chi connectivity index (χ0) is 19.4. The van der Waals surface area contributed by atoms with Crippen molar-refractivity contribution < 1.29 is 22.7 Å². The molecule has 1 aromatic rings. The summed E-state index contributed by atoms with van der Waals surface area (Å²) in [4.78, 5) is 25.9. The number of benzene rings is 1. The smallest absolute Gasteiger partial charge is 0.313 e. The topological polar surface area (TPSA) is 96.0 Å². The van der Waals surface area contributed by atoms with E-state index in [1.54, 1.807) is 0 Å². The molecule has 0 aromatic heterocycles. The lowest BCUT2D eigenvalue weighted by Gasteiger charge is -2.30. The van der Waals surface area contributed by atoms with E-state index in [-0.39, 0.29) is 4.90 Å². The molecule has 2 saturated heterocycles. The van der Waals surface area contributed by atoms with Crippen molar-refractivity contribution in [2.45, 2.75) is 24.7 Å². The number of nitrogens with one attached hydrogen (secondary N) is 1. The minimum absolute atomic E-state index is 0.189. The van der Waals surface area contributed by atoms with E-state index in [1.165, 1.54) is 33.5 Å². The Morgan fingerprint density at radius 2 is 1.78 bits per heavy atom. The van der Waals surface area contributed by atoms with Gasteiger partial charge in [-0.05, 0) is 43.0 Å². The van der Waals surface area contributed by atoms with Crippen LogP contribution in [0.3, 0.4) is 0 Å². The number of anilines is 1. The molecule has 0 saturated carbocycles. The molecular weight excluding hydrogens is 370 g/mol. The normalized spacial score (nSPS) is 21.7. The van der Waals surface area contributed by atoms with Crippen molar-refractivity contribution in [2.24, 2.45) is 5.92 Å². The number of nitrogens with zero attached hydrogens (tertiary/aromatic N) is 2. The predicted molar refractivity (Wildman–Crippen MR) is 99.6 cm³/mol. The van der Waals surface area contributed by atoms with Gasteiger partial charge in [-0.1, -0.05) is 6.92 Å². The highest BCUT2D eigenvalue weighted by Gasteiger charge is 2.29. The van der Waals surface area contributed by atoms with E-state index < -0.39 is 21.8 Å². The largest absolute Gasteiger partial charge is 0.378 e. The SMILES string of the molecule is C[C@H]1CCCN(S(=O)(=O)c2ccc(NC(=O)C(=O)N3CCOCC3)cc2)C1. The summed E-state index contributed by atoms with van der Waals surface area (Å²) >= 11 is 0. The molecule has 0 bridgehead atoms. The van der Waals surface area contributed by atoms with E-state index in [1.807, 2.05) is 6.92 Å². The second-order valence-electron chi connectivity index (χ2n) is 6.99. The van der Waals surface area contributed by atoms with Crippen LogP contribution in [0.2, 0.25) is 0 Å². The zero-order valence-electron chi connectivity index (χ0n) is 15.4. The van der Waals surface area contributed by atoms with Gasteiger partial charge in [0.05, 0.1) is 18.1 Å². The van der Waals surface area contributed by atoms with E-state index in [0.29, 0.717) is 51.0 Å². The fourth-order valence-electron chi connectivity index (χ4n) is 3.32. The maximum atomic E-state index is 12.7. The molecule has 27 heavy (non-hydrogen) atoms. The molecule has 0 spiro atoms. The Balaban J connectivity index is 1.64. The Morgan fingerprint density at radius 3 is 2.41 bits per heavy atom. The van der Waals surface area contributed by atoms with Gasteiger partial charge in [0.2, 0.25) is 10.0 Å². The number of morpholine rings is 1. The summed E-state index contributed by atoms with van der Waals surface area (Å²) in [5.74, 6) is -1.01. The molecule has 0 unspecified atom stereocenters. The molecule has 0 aliphatic carbocycles. The number of hydrogen-bond donors (Lipinski definition) is 1. The van der Waals surface area contributed by atoms with E-state index in [4.69, 9.17) is 4.74 Å². The first-order valence-corrected chi connectivity index (χ1v) is 10.6. The van der Waals surface area contributed by atoms with E-state index >= 15 is 0 Å². The quantitative estimate of drug-likeness (QED) is 0.768. The Bertz CT molecular complexity index is 788. The van der Waals surface area contributed by atoms with Crippen molar-refractivity contribution in [1.82, 2.24) is 9.21 Å².